The van der Waals surface area contributed by atoms with E-state index in [4.69, 9.17) is 9.47 Å². The second-order valence-corrected chi connectivity index (χ2v) is 4.64. The number of pyridine rings is 1. The molecule has 0 radical (unpaired) electrons. The largest absolute Gasteiger partial charge is 0.465 e. The zero-order valence-corrected chi connectivity index (χ0v) is 12.9. The van der Waals surface area contributed by atoms with E-state index >= 15 is 0 Å². The average molecular weight is 294 g/mol. The second-order valence-electron chi connectivity index (χ2n) is 4.64. The van der Waals surface area contributed by atoms with Crippen LogP contribution in [-0.4, -0.2) is 49.1 Å². The lowest BCUT2D eigenvalue weighted by atomic mass is 9.95. The summed E-state index contributed by atoms with van der Waals surface area (Å²) < 4.78 is 10.1. The van der Waals surface area contributed by atoms with Gasteiger partial charge in [-0.1, -0.05) is 6.07 Å². The molecule has 116 valence electrons. The van der Waals surface area contributed by atoms with Crippen LogP contribution in [0.25, 0.3) is 0 Å². The molecule has 0 aromatic carbocycles. The first kappa shape index (κ1) is 17.1. The minimum absolute atomic E-state index is 0.205. The summed E-state index contributed by atoms with van der Waals surface area (Å²) in [6, 6.07) is 4.83. The van der Waals surface area contributed by atoms with Crippen molar-refractivity contribution in [2.45, 2.75) is 19.9 Å². The highest BCUT2D eigenvalue weighted by molar-refractivity contribution is 5.96. The molecule has 6 nitrogen and oxygen atoms in total. The topological polar surface area (TPSA) is 68.7 Å². The Morgan fingerprint density at radius 1 is 1.14 bits per heavy atom. The smallest absolute Gasteiger partial charge is 0.322 e. The Bertz CT molecular complexity index is 444. The summed E-state index contributed by atoms with van der Waals surface area (Å²) in [4.78, 5) is 30.4. The van der Waals surface area contributed by atoms with Gasteiger partial charge < -0.3 is 9.47 Å². The van der Waals surface area contributed by atoms with Gasteiger partial charge in [-0.3, -0.25) is 19.5 Å². The Morgan fingerprint density at radius 3 is 2.10 bits per heavy atom. The lowest BCUT2D eigenvalue weighted by Gasteiger charge is -2.29. The molecule has 0 fully saturated rings. The van der Waals surface area contributed by atoms with Gasteiger partial charge in [-0.15, -0.1) is 0 Å². The first-order chi connectivity index (χ1) is 10.0. The van der Waals surface area contributed by atoms with Gasteiger partial charge in [0.15, 0.2) is 5.92 Å². The Hall–Kier alpha value is -1.95. The molecule has 0 amide bonds. The molecule has 21 heavy (non-hydrogen) atoms. The zero-order valence-electron chi connectivity index (χ0n) is 12.9. The number of ether oxygens (including phenoxy) is 2. The van der Waals surface area contributed by atoms with Gasteiger partial charge in [-0.25, -0.2) is 0 Å². The molecule has 0 N–H and O–H groups in total. The summed E-state index contributed by atoms with van der Waals surface area (Å²) in [5, 5.41) is 0. The number of hydrogen-bond donors (Lipinski definition) is 0. The van der Waals surface area contributed by atoms with Crippen molar-refractivity contribution >= 4 is 11.9 Å². The Kier molecular flexibility index (Phi) is 6.81. The predicted octanol–water partition coefficient (Wildman–Crippen LogP) is 1.43. The van der Waals surface area contributed by atoms with E-state index in [1.807, 2.05) is 6.07 Å². The molecule has 0 saturated heterocycles. The molecule has 0 aliphatic carbocycles. The highest BCUT2D eigenvalue weighted by atomic mass is 16.6. The Balaban J connectivity index is 3.18. The predicted molar refractivity (Wildman–Crippen MR) is 77.4 cm³/mol. The van der Waals surface area contributed by atoms with Crippen LogP contribution >= 0.6 is 0 Å². The highest BCUT2D eigenvalue weighted by Crippen LogP contribution is 2.27. The van der Waals surface area contributed by atoms with Crippen molar-refractivity contribution in [1.82, 2.24) is 9.88 Å². The van der Waals surface area contributed by atoms with Crippen LogP contribution in [0.15, 0.2) is 24.4 Å². The molecule has 0 aliphatic rings. The average Bonchev–Trinajstić information content (AvgIpc) is 2.45. The lowest BCUT2D eigenvalue weighted by Crippen LogP contribution is -2.40. The van der Waals surface area contributed by atoms with Gasteiger partial charge in [0.2, 0.25) is 0 Å². The maximum Gasteiger partial charge on any atom is 0.322 e. The van der Waals surface area contributed by atoms with Gasteiger partial charge in [0.1, 0.15) is 0 Å². The van der Waals surface area contributed by atoms with Crippen LogP contribution in [0, 0.1) is 5.92 Å². The molecule has 1 aromatic heterocycles. The van der Waals surface area contributed by atoms with Crippen LogP contribution in [0.1, 0.15) is 25.6 Å². The SMILES string of the molecule is CCOC(=O)C(C(=O)OCC)[C@H](c1ccccn1)N(C)C. The normalized spacial score (nSPS) is 12.3. The van der Waals surface area contributed by atoms with Gasteiger partial charge in [0.25, 0.3) is 0 Å². The third-order valence-corrected chi connectivity index (χ3v) is 2.94. The first-order valence-electron chi connectivity index (χ1n) is 6.93. The quantitative estimate of drug-likeness (QED) is 0.560. The van der Waals surface area contributed by atoms with Gasteiger partial charge >= 0.3 is 11.9 Å². The van der Waals surface area contributed by atoms with E-state index in [2.05, 4.69) is 4.98 Å². The summed E-state index contributed by atoms with van der Waals surface area (Å²) in [5.41, 5.74) is 0.619. The molecule has 6 heteroatoms. The Labute approximate surface area is 125 Å². The van der Waals surface area contributed by atoms with Crippen molar-refractivity contribution in [3.63, 3.8) is 0 Å². The molecule has 0 bridgehead atoms. The van der Waals surface area contributed by atoms with E-state index in [0.717, 1.165) is 0 Å². The van der Waals surface area contributed by atoms with Gasteiger partial charge in [0, 0.05) is 6.20 Å². The maximum absolute atomic E-state index is 12.2. The van der Waals surface area contributed by atoms with Crippen LogP contribution < -0.4 is 0 Å². The molecule has 1 aromatic rings. The van der Waals surface area contributed by atoms with Crippen LogP contribution in [0.4, 0.5) is 0 Å². The van der Waals surface area contributed by atoms with E-state index in [0.29, 0.717) is 5.69 Å². The standard InChI is InChI=1S/C15H22N2O4/c1-5-20-14(18)12(15(19)21-6-2)13(17(3)4)11-9-7-8-10-16-11/h7-10,12-13H,5-6H2,1-4H3/t13-/m0/s1. The maximum atomic E-state index is 12.2. The monoisotopic (exact) mass is 294 g/mol. The van der Waals surface area contributed by atoms with Crippen molar-refractivity contribution in [1.29, 1.82) is 0 Å². The number of carbonyl (C=O) groups is 2. The van der Waals surface area contributed by atoms with E-state index in [-0.39, 0.29) is 13.2 Å². The molecule has 1 heterocycles. The highest BCUT2D eigenvalue weighted by Gasteiger charge is 2.40. The minimum atomic E-state index is -1.06. The van der Waals surface area contributed by atoms with Crippen molar-refractivity contribution in [3.05, 3.63) is 30.1 Å². The summed E-state index contributed by atoms with van der Waals surface area (Å²) >= 11 is 0. The number of esters is 2. The molecule has 0 saturated carbocycles. The Morgan fingerprint density at radius 2 is 1.71 bits per heavy atom. The fourth-order valence-electron chi connectivity index (χ4n) is 2.10. The van der Waals surface area contributed by atoms with Crippen molar-refractivity contribution in [3.8, 4) is 0 Å². The molecule has 1 atom stereocenters. The molecule has 0 aliphatic heterocycles. The van der Waals surface area contributed by atoms with E-state index < -0.39 is 23.9 Å². The first-order valence-corrected chi connectivity index (χ1v) is 6.93. The number of nitrogens with zero attached hydrogens (tertiary/aromatic N) is 2. The van der Waals surface area contributed by atoms with Crippen molar-refractivity contribution in [2.24, 2.45) is 5.92 Å². The summed E-state index contributed by atoms with van der Waals surface area (Å²) in [6.07, 6.45) is 1.62. The number of rotatable bonds is 7. The van der Waals surface area contributed by atoms with Crippen LogP contribution in [0.2, 0.25) is 0 Å². The van der Waals surface area contributed by atoms with E-state index in [9.17, 15) is 9.59 Å². The summed E-state index contributed by atoms with van der Waals surface area (Å²) in [7, 11) is 3.57. The third-order valence-electron chi connectivity index (χ3n) is 2.94. The second kappa shape index (κ2) is 8.36. The summed E-state index contributed by atoms with van der Waals surface area (Å²) in [5.74, 6) is -2.25. The molecular weight excluding hydrogens is 272 g/mol. The van der Waals surface area contributed by atoms with Crippen LogP contribution in [0.5, 0.6) is 0 Å². The minimum Gasteiger partial charge on any atom is -0.465 e. The van der Waals surface area contributed by atoms with Crippen LogP contribution in [-0.2, 0) is 19.1 Å². The van der Waals surface area contributed by atoms with Crippen LogP contribution in [0.3, 0.4) is 0 Å². The molecular formula is C15H22N2O4. The summed E-state index contributed by atoms with van der Waals surface area (Å²) in [6.45, 7) is 3.81. The zero-order chi connectivity index (χ0) is 15.8. The van der Waals surface area contributed by atoms with Crippen molar-refractivity contribution in [2.75, 3.05) is 27.3 Å². The van der Waals surface area contributed by atoms with Gasteiger partial charge in [-0.05, 0) is 40.1 Å². The number of aromatic nitrogens is 1. The van der Waals surface area contributed by atoms with E-state index in [1.165, 1.54) is 0 Å². The third kappa shape index (κ3) is 4.53. The van der Waals surface area contributed by atoms with Crippen molar-refractivity contribution < 1.29 is 19.1 Å². The molecule has 0 spiro atoms. The lowest BCUT2D eigenvalue weighted by molar-refractivity contribution is -0.165. The van der Waals surface area contributed by atoms with Gasteiger partial charge in [0.05, 0.1) is 24.9 Å². The molecule has 0 unspecified atom stereocenters. The fraction of sp³-hybridized carbons (Fsp3) is 0.533. The van der Waals surface area contributed by atoms with Gasteiger partial charge in [-0.2, -0.15) is 0 Å². The number of hydrogen-bond acceptors (Lipinski definition) is 6. The fourth-order valence-corrected chi connectivity index (χ4v) is 2.10. The van der Waals surface area contributed by atoms with E-state index in [1.54, 1.807) is 51.2 Å². The number of carbonyl (C=O) groups excluding carboxylic acids is 2. The molecule has 1 rings (SSSR count).